The van der Waals surface area contributed by atoms with Crippen LogP contribution in [0.1, 0.15) is 12.8 Å². The molecule has 0 aliphatic heterocycles. The molecule has 61 valence electrons. The summed E-state index contributed by atoms with van der Waals surface area (Å²) in [5.74, 6) is 0. The number of hydrogen-bond acceptors (Lipinski definition) is 3. The van der Waals surface area contributed by atoms with Crippen LogP contribution in [0.2, 0.25) is 6.04 Å². The van der Waals surface area contributed by atoms with Gasteiger partial charge < -0.3 is 14.6 Å². The molecule has 0 rings (SSSR count). The summed E-state index contributed by atoms with van der Waals surface area (Å²) in [6.45, 7) is 0.766. The Morgan fingerprint density at radius 3 is 2.20 bits per heavy atom. The molecule has 0 unspecified atom stereocenters. The van der Waals surface area contributed by atoms with Gasteiger partial charge in [0, 0.05) is 14.2 Å². The van der Waals surface area contributed by atoms with Crippen LogP contribution in [0.3, 0.4) is 0 Å². The van der Waals surface area contributed by atoms with Crippen LogP contribution >= 0.6 is 0 Å². The molecular weight excluding hydrogens is 146 g/mol. The first kappa shape index (κ1) is 10.1. The lowest BCUT2D eigenvalue weighted by molar-refractivity contribution is 0.276. The highest BCUT2D eigenvalue weighted by Crippen LogP contribution is 2.00. The largest absolute Gasteiger partial charge is 0.397 e. The lowest BCUT2D eigenvalue weighted by Crippen LogP contribution is -2.18. The van der Waals surface area contributed by atoms with E-state index < -0.39 is 9.28 Å². The van der Waals surface area contributed by atoms with Crippen molar-refractivity contribution in [3.05, 3.63) is 0 Å². The first-order valence-electron chi connectivity index (χ1n) is 3.49. The minimum atomic E-state index is -0.951. The molecule has 3 nitrogen and oxygen atoms in total. The minimum Gasteiger partial charge on any atom is -0.397 e. The van der Waals surface area contributed by atoms with E-state index in [-0.39, 0.29) is 0 Å². The van der Waals surface area contributed by atoms with E-state index in [4.69, 9.17) is 14.6 Å². The van der Waals surface area contributed by atoms with E-state index >= 15 is 0 Å². The van der Waals surface area contributed by atoms with E-state index in [1.165, 1.54) is 0 Å². The molecule has 0 aromatic heterocycles. The molecule has 0 heterocycles. The fraction of sp³-hybridized carbons (Fsp3) is 1.00. The molecule has 0 aliphatic rings. The molecule has 2 N–H and O–H groups in total. The molecule has 0 amide bonds. The molecule has 0 spiro atoms. The maximum atomic E-state index is 5.33. The summed E-state index contributed by atoms with van der Waals surface area (Å²) in [5, 5.41) is 0. The summed E-state index contributed by atoms with van der Waals surface area (Å²) in [5.41, 5.74) is 5.33. The van der Waals surface area contributed by atoms with Gasteiger partial charge in [-0.1, -0.05) is 6.42 Å². The van der Waals surface area contributed by atoms with Crippen molar-refractivity contribution in [1.29, 1.82) is 0 Å². The van der Waals surface area contributed by atoms with E-state index in [1.54, 1.807) is 14.2 Å². The Morgan fingerprint density at radius 2 is 1.80 bits per heavy atom. The second-order valence-corrected chi connectivity index (χ2v) is 4.09. The molecule has 0 aromatic carbocycles. The van der Waals surface area contributed by atoms with Crippen molar-refractivity contribution in [2.75, 3.05) is 20.8 Å². The summed E-state index contributed by atoms with van der Waals surface area (Å²) in [6, 6.07) is 1.04. The Hall–Kier alpha value is 0.0969. The third-order valence-electron chi connectivity index (χ3n) is 1.29. The van der Waals surface area contributed by atoms with E-state index in [1.807, 2.05) is 0 Å². The number of unbranched alkanes of at least 4 members (excludes halogenated alkanes) is 1. The number of hydrogen-bond donors (Lipinski definition) is 1. The standard InChI is InChI=1S/C6H16NO2Si/c1-8-10(9-2)6-4-3-5-7/h3-7H2,1-2H3. The smallest absolute Gasteiger partial charge is 0.384 e. The molecule has 0 saturated heterocycles. The van der Waals surface area contributed by atoms with Gasteiger partial charge in [0.05, 0.1) is 0 Å². The van der Waals surface area contributed by atoms with E-state index in [9.17, 15) is 0 Å². The quantitative estimate of drug-likeness (QED) is 0.457. The van der Waals surface area contributed by atoms with Crippen molar-refractivity contribution in [1.82, 2.24) is 0 Å². The van der Waals surface area contributed by atoms with Crippen molar-refractivity contribution in [3.8, 4) is 0 Å². The van der Waals surface area contributed by atoms with Crippen LogP contribution in [-0.4, -0.2) is 30.0 Å². The molecule has 0 aromatic rings. The molecule has 0 bridgehead atoms. The normalized spacial score (nSPS) is 10.8. The zero-order valence-corrected chi connectivity index (χ0v) is 7.72. The van der Waals surface area contributed by atoms with Gasteiger partial charge in [-0.05, 0) is 19.0 Å². The summed E-state index contributed by atoms with van der Waals surface area (Å²) in [6.07, 6.45) is 2.19. The van der Waals surface area contributed by atoms with Crippen molar-refractivity contribution in [2.45, 2.75) is 18.9 Å². The predicted octanol–water partition coefficient (Wildman–Crippen LogP) is 0.506. The Labute approximate surface area is 64.4 Å². The van der Waals surface area contributed by atoms with Gasteiger partial charge in [-0.25, -0.2) is 0 Å². The van der Waals surface area contributed by atoms with Crippen molar-refractivity contribution in [3.63, 3.8) is 0 Å². The van der Waals surface area contributed by atoms with Gasteiger partial charge in [0.15, 0.2) is 0 Å². The highest BCUT2D eigenvalue weighted by Gasteiger charge is 2.09. The lowest BCUT2D eigenvalue weighted by Gasteiger charge is -2.07. The van der Waals surface area contributed by atoms with Crippen molar-refractivity contribution >= 4 is 9.28 Å². The maximum absolute atomic E-state index is 5.33. The monoisotopic (exact) mass is 162 g/mol. The Balaban J connectivity index is 3.09. The van der Waals surface area contributed by atoms with Crippen LogP contribution in [-0.2, 0) is 8.85 Å². The molecule has 0 atom stereocenters. The fourth-order valence-electron chi connectivity index (χ4n) is 0.701. The molecule has 10 heavy (non-hydrogen) atoms. The van der Waals surface area contributed by atoms with E-state index in [0.29, 0.717) is 0 Å². The van der Waals surface area contributed by atoms with E-state index in [2.05, 4.69) is 0 Å². The van der Waals surface area contributed by atoms with Gasteiger partial charge in [-0.3, -0.25) is 0 Å². The third kappa shape index (κ3) is 4.93. The topological polar surface area (TPSA) is 44.5 Å². The van der Waals surface area contributed by atoms with Gasteiger partial charge in [-0.15, -0.1) is 0 Å². The second kappa shape index (κ2) is 7.21. The average molecular weight is 162 g/mol. The average Bonchev–Trinajstić information content (AvgIpc) is 1.99. The first-order chi connectivity index (χ1) is 4.85. The second-order valence-electron chi connectivity index (χ2n) is 2.03. The Bertz CT molecular complexity index is 68.8. The summed E-state index contributed by atoms with van der Waals surface area (Å²) >= 11 is 0. The van der Waals surface area contributed by atoms with Crippen molar-refractivity contribution in [2.24, 2.45) is 5.73 Å². The summed E-state index contributed by atoms with van der Waals surface area (Å²) < 4.78 is 10.2. The molecule has 0 fully saturated rings. The molecular formula is C6H16NO2Si. The fourth-order valence-corrected chi connectivity index (χ4v) is 1.81. The zero-order chi connectivity index (χ0) is 7.82. The SMILES string of the molecule is CO[Si](CCCCN)OC. The van der Waals surface area contributed by atoms with Crippen LogP contribution in [0, 0.1) is 0 Å². The Kier molecular flexibility index (Phi) is 7.28. The first-order valence-corrected chi connectivity index (χ1v) is 5.01. The third-order valence-corrected chi connectivity index (χ3v) is 2.96. The van der Waals surface area contributed by atoms with Crippen molar-refractivity contribution < 1.29 is 8.85 Å². The van der Waals surface area contributed by atoms with Gasteiger partial charge in [-0.2, -0.15) is 0 Å². The molecule has 4 heteroatoms. The number of rotatable bonds is 6. The van der Waals surface area contributed by atoms with Gasteiger partial charge in [0.1, 0.15) is 0 Å². The zero-order valence-electron chi connectivity index (χ0n) is 6.72. The highest BCUT2D eigenvalue weighted by molar-refractivity contribution is 6.44. The summed E-state index contributed by atoms with van der Waals surface area (Å²) in [7, 11) is 2.44. The maximum Gasteiger partial charge on any atom is 0.384 e. The Morgan fingerprint density at radius 1 is 1.20 bits per heavy atom. The van der Waals surface area contributed by atoms with E-state index in [0.717, 1.165) is 25.4 Å². The van der Waals surface area contributed by atoms with Gasteiger partial charge >= 0.3 is 9.28 Å². The van der Waals surface area contributed by atoms with Crippen LogP contribution < -0.4 is 5.73 Å². The molecule has 0 aliphatic carbocycles. The highest BCUT2D eigenvalue weighted by atomic mass is 28.3. The van der Waals surface area contributed by atoms with Crippen LogP contribution in [0.5, 0.6) is 0 Å². The summed E-state index contributed by atoms with van der Waals surface area (Å²) in [4.78, 5) is 0. The minimum absolute atomic E-state index is 0.766. The van der Waals surface area contributed by atoms with Crippen LogP contribution in [0.25, 0.3) is 0 Å². The predicted molar refractivity (Wildman–Crippen MR) is 42.9 cm³/mol. The lowest BCUT2D eigenvalue weighted by atomic mass is 10.3. The molecule has 1 radical (unpaired) electrons. The van der Waals surface area contributed by atoms with Crippen LogP contribution in [0.4, 0.5) is 0 Å². The van der Waals surface area contributed by atoms with Gasteiger partial charge in [0.2, 0.25) is 0 Å². The van der Waals surface area contributed by atoms with Gasteiger partial charge in [0.25, 0.3) is 0 Å². The van der Waals surface area contributed by atoms with Crippen LogP contribution in [0.15, 0.2) is 0 Å². The molecule has 0 saturated carbocycles. The number of nitrogens with two attached hydrogens (primary N) is 1.